The standard InChI is InChI=1S/C24H26N2O4/c1-4-7-17-10-12-18(13-11-17)21(27)15-30-24(29)22-19-8-5-6-9-20(19)23(28)26(25-22)14-16(2)3/h5-6,8-13,16H,4,7,14-15H2,1-3H3. The Bertz CT molecular complexity index is 1110. The maximum atomic E-state index is 12.7. The van der Waals surface area contributed by atoms with Gasteiger partial charge in [0, 0.05) is 17.5 Å². The van der Waals surface area contributed by atoms with Crippen LogP contribution in [0.3, 0.4) is 0 Å². The highest BCUT2D eigenvalue weighted by molar-refractivity contribution is 6.04. The Morgan fingerprint density at radius 3 is 2.33 bits per heavy atom. The molecule has 0 bridgehead atoms. The van der Waals surface area contributed by atoms with Crippen LogP contribution in [0.4, 0.5) is 0 Å². The summed E-state index contributed by atoms with van der Waals surface area (Å²) < 4.78 is 6.55. The van der Waals surface area contributed by atoms with Gasteiger partial charge in [-0.2, -0.15) is 5.10 Å². The summed E-state index contributed by atoms with van der Waals surface area (Å²) >= 11 is 0. The Kier molecular flexibility index (Phi) is 6.77. The number of fused-ring (bicyclic) bond motifs is 1. The number of hydrogen-bond acceptors (Lipinski definition) is 5. The molecule has 2 aromatic carbocycles. The van der Waals surface area contributed by atoms with E-state index in [1.54, 1.807) is 36.4 Å². The van der Waals surface area contributed by atoms with Crippen LogP contribution >= 0.6 is 0 Å². The SMILES string of the molecule is CCCc1ccc(C(=O)COC(=O)c2nn(CC(C)C)c(=O)c3ccccc23)cc1. The van der Waals surface area contributed by atoms with Crippen molar-refractivity contribution in [1.29, 1.82) is 0 Å². The lowest BCUT2D eigenvalue weighted by molar-refractivity contribution is 0.0468. The number of nitrogens with zero attached hydrogens (tertiary/aromatic N) is 2. The van der Waals surface area contributed by atoms with Gasteiger partial charge in [-0.25, -0.2) is 9.48 Å². The van der Waals surface area contributed by atoms with Crippen molar-refractivity contribution in [2.45, 2.75) is 40.2 Å². The lowest BCUT2D eigenvalue weighted by atomic mass is 10.1. The molecule has 3 rings (SSSR count). The molecule has 0 atom stereocenters. The molecular weight excluding hydrogens is 380 g/mol. The van der Waals surface area contributed by atoms with Gasteiger partial charge < -0.3 is 4.74 Å². The summed E-state index contributed by atoms with van der Waals surface area (Å²) in [6.45, 7) is 6.02. The minimum absolute atomic E-state index is 0.0388. The second kappa shape index (κ2) is 9.48. The molecule has 0 spiro atoms. The first kappa shape index (κ1) is 21.4. The second-order valence-corrected chi connectivity index (χ2v) is 7.72. The third-order valence-electron chi connectivity index (χ3n) is 4.75. The summed E-state index contributed by atoms with van der Waals surface area (Å²) in [6, 6.07) is 14.1. The van der Waals surface area contributed by atoms with Gasteiger partial charge in [0.05, 0.1) is 5.39 Å². The van der Waals surface area contributed by atoms with Crippen LogP contribution in [0, 0.1) is 5.92 Å². The van der Waals surface area contributed by atoms with E-state index in [0.29, 0.717) is 22.9 Å². The number of ketones is 1. The number of ether oxygens (including phenoxy) is 1. The summed E-state index contributed by atoms with van der Waals surface area (Å²) in [5.41, 5.74) is 1.44. The average molecular weight is 406 g/mol. The van der Waals surface area contributed by atoms with Crippen LogP contribution in [-0.2, 0) is 17.7 Å². The fourth-order valence-electron chi connectivity index (χ4n) is 3.28. The first-order chi connectivity index (χ1) is 14.4. The Morgan fingerprint density at radius 2 is 1.70 bits per heavy atom. The van der Waals surface area contributed by atoms with Gasteiger partial charge in [-0.15, -0.1) is 0 Å². The van der Waals surface area contributed by atoms with Crippen molar-refractivity contribution >= 4 is 22.5 Å². The van der Waals surface area contributed by atoms with Crippen LogP contribution in [-0.4, -0.2) is 28.1 Å². The summed E-state index contributed by atoms with van der Waals surface area (Å²) in [6.07, 6.45) is 1.99. The third-order valence-corrected chi connectivity index (χ3v) is 4.75. The van der Waals surface area contributed by atoms with Crippen molar-refractivity contribution in [2.75, 3.05) is 6.61 Å². The van der Waals surface area contributed by atoms with E-state index >= 15 is 0 Å². The van der Waals surface area contributed by atoms with Gasteiger partial charge >= 0.3 is 5.97 Å². The molecular formula is C24H26N2O4. The summed E-state index contributed by atoms with van der Waals surface area (Å²) in [5, 5.41) is 5.06. The normalized spacial score (nSPS) is 11.1. The molecule has 30 heavy (non-hydrogen) atoms. The number of benzene rings is 2. The van der Waals surface area contributed by atoms with E-state index in [9.17, 15) is 14.4 Å². The minimum atomic E-state index is -0.723. The van der Waals surface area contributed by atoms with Gasteiger partial charge in [0.1, 0.15) is 0 Å². The molecule has 0 aliphatic rings. The van der Waals surface area contributed by atoms with Crippen LogP contribution in [0.1, 0.15) is 53.6 Å². The van der Waals surface area contributed by atoms with Crippen LogP contribution in [0.15, 0.2) is 53.3 Å². The number of hydrogen-bond donors (Lipinski definition) is 0. The van der Waals surface area contributed by atoms with Gasteiger partial charge in [-0.05, 0) is 24.0 Å². The third kappa shape index (κ3) is 4.82. The zero-order valence-corrected chi connectivity index (χ0v) is 17.6. The van der Waals surface area contributed by atoms with E-state index in [0.717, 1.165) is 18.4 Å². The van der Waals surface area contributed by atoms with Crippen molar-refractivity contribution in [3.05, 3.63) is 75.7 Å². The van der Waals surface area contributed by atoms with Gasteiger partial charge in [0.25, 0.3) is 5.56 Å². The maximum absolute atomic E-state index is 12.7. The molecule has 0 fully saturated rings. The fourth-order valence-corrected chi connectivity index (χ4v) is 3.28. The first-order valence-electron chi connectivity index (χ1n) is 10.2. The van der Waals surface area contributed by atoms with Crippen LogP contribution in [0.2, 0.25) is 0 Å². The maximum Gasteiger partial charge on any atom is 0.359 e. The molecule has 0 amide bonds. The van der Waals surface area contributed by atoms with Crippen molar-refractivity contribution in [2.24, 2.45) is 5.92 Å². The molecule has 0 unspecified atom stereocenters. The second-order valence-electron chi connectivity index (χ2n) is 7.72. The lowest BCUT2D eigenvalue weighted by Gasteiger charge is -2.12. The average Bonchev–Trinajstić information content (AvgIpc) is 2.74. The number of rotatable bonds is 8. The van der Waals surface area contributed by atoms with E-state index in [4.69, 9.17) is 4.74 Å². The highest BCUT2D eigenvalue weighted by Gasteiger charge is 2.19. The van der Waals surface area contributed by atoms with Crippen molar-refractivity contribution < 1.29 is 14.3 Å². The Morgan fingerprint density at radius 1 is 1.03 bits per heavy atom. The molecule has 3 aromatic rings. The smallest absolute Gasteiger partial charge is 0.359 e. The van der Waals surface area contributed by atoms with E-state index in [1.807, 2.05) is 26.0 Å². The molecule has 0 aliphatic heterocycles. The van der Waals surface area contributed by atoms with Crippen LogP contribution in [0.25, 0.3) is 10.8 Å². The Labute approximate surface area is 175 Å². The quantitative estimate of drug-likeness (QED) is 0.417. The summed E-state index contributed by atoms with van der Waals surface area (Å²) in [4.78, 5) is 37.8. The summed E-state index contributed by atoms with van der Waals surface area (Å²) in [5.74, 6) is -0.830. The van der Waals surface area contributed by atoms with E-state index in [2.05, 4.69) is 12.0 Å². The molecule has 1 aromatic heterocycles. The number of aryl methyl sites for hydroxylation is 1. The van der Waals surface area contributed by atoms with E-state index in [-0.39, 0.29) is 29.6 Å². The van der Waals surface area contributed by atoms with Crippen molar-refractivity contribution in [3.63, 3.8) is 0 Å². The molecule has 6 heteroatoms. The number of carbonyl (C=O) groups is 2. The monoisotopic (exact) mass is 406 g/mol. The number of aromatic nitrogens is 2. The first-order valence-corrected chi connectivity index (χ1v) is 10.2. The Balaban J connectivity index is 1.81. The van der Waals surface area contributed by atoms with E-state index in [1.165, 1.54) is 4.68 Å². The molecule has 0 saturated heterocycles. The number of esters is 1. The van der Waals surface area contributed by atoms with Crippen LogP contribution in [0.5, 0.6) is 0 Å². The van der Waals surface area contributed by atoms with Crippen molar-refractivity contribution in [1.82, 2.24) is 9.78 Å². The number of Topliss-reactive ketones (excluding diaryl/α,β-unsaturated/α-hetero) is 1. The van der Waals surface area contributed by atoms with Gasteiger partial charge in [0.15, 0.2) is 18.1 Å². The lowest BCUT2D eigenvalue weighted by Crippen LogP contribution is -2.28. The molecule has 0 aliphatic carbocycles. The molecule has 0 N–H and O–H groups in total. The zero-order chi connectivity index (χ0) is 21.7. The predicted molar refractivity (Wildman–Crippen MR) is 116 cm³/mol. The highest BCUT2D eigenvalue weighted by atomic mass is 16.5. The highest BCUT2D eigenvalue weighted by Crippen LogP contribution is 2.15. The van der Waals surface area contributed by atoms with Gasteiger partial charge in [-0.3, -0.25) is 9.59 Å². The topological polar surface area (TPSA) is 78.3 Å². The molecule has 0 saturated carbocycles. The van der Waals surface area contributed by atoms with Gasteiger partial charge in [0.2, 0.25) is 0 Å². The zero-order valence-electron chi connectivity index (χ0n) is 17.6. The Hall–Kier alpha value is -3.28. The largest absolute Gasteiger partial charge is 0.452 e. The molecule has 156 valence electrons. The molecule has 1 heterocycles. The van der Waals surface area contributed by atoms with Gasteiger partial charge in [-0.1, -0.05) is 69.7 Å². The molecule has 0 radical (unpaired) electrons. The minimum Gasteiger partial charge on any atom is -0.452 e. The summed E-state index contributed by atoms with van der Waals surface area (Å²) in [7, 11) is 0. The van der Waals surface area contributed by atoms with Crippen LogP contribution < -0.4 is 5.56 Å². The fraction of sp³-hybridized carbons (Fsp3) is 0.333. The number of carbonyl (C=O) groups excluding carboxylic acids is 2. The van der Waals surface area contributed by atoms with E-state index < -0.39 is 5.97 Å². The predicted octanol–water partition coefficient (Wildman–Crippen LogP) is 4.04. The van der Waals surface area contributed by atoms with Crippen molar-refractivity contribution in [3.8, 4) is 0 Å². The molecule has 6 nitrogen and oxygen atoms in total.